The Labute approximate surface area is 133 Å². The van der Waals surface area contributed by atoms with Crippen LogP contribution in [0, 0.1) is 0 Å². The predicted molar refractivity (Wildman–Crippen MR) is 87.4 cm³/mol. The van der Waals surface area contributed by atoms with Crippen LogP contribution in [0.4, 0.5) is 0 Å². The summed E-state index contributed by atoms with van der Waals surface area (Å²) in [6.07, 6.45) is 3.87. The van der Waals surface area contributed by atoms with E-state index in [2.05, 4.69) is 22.1 Å². The van der Waals surface area contributed by atoms with Crippen molar-refractivity contribution in [3.8, 4) is 0 Å². The Morgan fingerprint density at radius 2 is 2.11 bits per heavy atom. The van der Waals surface area contributed by atoms with Gasteiger partial charge in [0.15, 0.2) is 5.96 Å². The summed E-state index contributed by atoms with van der Waals surface area (Å²) >= 11 is 0. The Morgan fingerprint density at radius 3 is 2.74 bits per heavy atom. The summed E-state index contributed by atoms with van der Waals surface area (Å²) in [5.41, 5.74) is 0. The first kappa shape index (κ1) is 17.0. The van der Waals surface area contributed by atoms with Crippen molar-refractivity contribution in [3.05, 3.63) is 0 Å². The largest absolute Gasteiger partial charge is 0.375 e. The molecule has 0 spiro atoms. The summed E-state index contributed by atoms with van der Waals surface area (Å²) < 4.78 is 11.6. The molecule has 2 aliphatic rings. The molecule has 2 aliphatic heterocycles. The van der Waals surface area contributed by atoms with Gasteiger partial charge in [-0.1, -0.05) is 6.92 Å². The number of aliphatic imine (C=N–C) groups is 1. The van der Waals surface area contributed by atoms with Crippen LogP contribution in [0.25, 0.3) is 0 Å². The van der Waals surface area contributed by atoms with Gasteiger partial charge in [-0.25, -0.2) is 0 Å². The fourth-order valence-corrected chi connectivity index (χ4v) is 2.56. The molecule has 0 saturated carbocycles. The molecular formula is C13H26IN3O2. The molecule has 2 heterocycles. The first-order chi connectivity index (χ1) is 8.85. The van der Waals surface area contributed by atoms with Crippen molar-refractivity contribution in [1.82, 2.24) is 10.2 Å². The highest BCUT2D eigenvalue weighted by atomic mass is 127. The summed E-state index contributed by atoms with van der Waals surface area (Å²) in [5.74, 6) is 0.989. The molecular weight excluding hydrogens is 357 g/mol. The molecule has 0 aromatic rings. The van der Waals surface area contributed by atoms with Gasteiger partial charge in [-0.15, -0.1) is 24.0 Å². The van der Waals surface area contributed by atoms with Crippen molar-refractivity contribution >= 4 is 29.9 Å². The van der Waals surface area contributed by atoms with Crippen LogP contribution in [0.15, 0.2) is 4.99 Å². The van der Waals surface area contributed by atoms with Crippen molar-refractivity contribution < 1.29 is 9.47 Å². The number of morpholine rings is 1. The van der Waals surface area contributed by atoms with Gasteiger partial charge in [0.1, 0.15) is 6.10 Å². The van der Waals surface area contributed by atoms with E-state index in [9.17, 15) is 0 Å². The molecule has 2 unspecified atom stereocenters. The van der Waals surface area contributed by atoms with E-state index in [0.717, 1.165) is 58.1 Å². The summed E-state index contributed by atoms with van der Waals surface area (Å²) in [7, 11) is 1.84. The summed E-state index contributed by atoms with van der Waals surface area (Å²) in [6, 6.07) is 0. The van der Waals surface area contributed by atoms with E-state index in [1.807, 2.05) is 7.05 Å². The van der Waals surface area contributed by atoms with E-state index in [1.165, 1.54) is 0 Å². The van der Waals surface area contributed by atoms with Crippen LogP contribution in [0.3, 0.4) is 0 Å². The second kappa shape index (κ2) is 8.97. The Kier molecular flexibility index (Phi) is 8.01. The van der Waals surface area contributed by atoms with E-state index < -0.39 is 0 Å². The maximum atomic E-state index is 5.84. The third-order valence-corrected chi connectivity index (χ3v) is 3.52. The van der Waals surface area contributed by atoms with Crippen LogP contribution in [-0.2, 0) is 9.47 Å². The first-order valence-electron chi connectivity index (χ1n) is 7.04. The molecule has 112 valence electrons. The number of hydrogen-bond donors (Lipinski definition) is 1. The van der Waals surface area contributed by atoms with E-state index in [0.29, 0.717) is 0 Å². The molecule has 5 nitrogen and oxygen atoms in total. The van der Waals surface area contributed by atoms with Crippen molar-refractivity contribution in [2.24, 2.45) is 4.99 Å². The molecule has 6 heteroatoms. The maximum Gasteiger partial charge on any atom is 0.193 e. The van der Waals surface area contributed by atoms with Gasteiger partial charge >= 0.3 is 0 Å². The third kappa shape index (κ3) is 4.75. The van der Waals surface area contributed by atoms with Crippen molar-refractivity contribution in [3.63, 3.8) is 0 Å². The van der Waals surface area contributed by atoms with E-state index in [1.54, 1.807) is 0 Å². The number of ether oxygens (including phenoxy) is 2. The molecule has 0 aromatic carbocycles. The lowest BCUT2D eigenvalue weighted by Gasteiger charge is -2.37. The van der Waals surface area contributed by atoms with Gasteiger partial charge in [-0.05, 0) is 19.3 Å². The first-order valence-corrected chi connectivity index (χ1v) is 7.04. The normalized spacial score (nSPS) is 28.1. The number of hydrogen-bond acceptors (Lipinski definition) is 3. The summed E-state index contributed by atoms with van der Waals surface area (Å²) in [6.45, 7) is 6.56. The van der Waals surface area contributed by atoms with Crippen LogP contribution >= 0.6 is 24.0 Å². The molecule has 2 atom stereocenters. The van der Waals surface area contributed by atoms with Gasteiger partial charge in [-0.2, -0.15) is 0 Å². The van der Waals surface area contributed by atoms with Gasteiger partial charge < -0.3 is 19.7 Å². The van der Waals surface area contributed by atoms with Gasteiger partial charge in [0.2, 0.25) is 0 Å². The number of halogens is 1. The second-order valence-electron chi connectivity index (χ2n) is 4.88. The molecule has 0 aliphatic carbocycles. The van der Waals surface area contributed by atoms with Gasteiger partial charge in [0.25, 0.3) is 0 Å². The molecule has 2 saturated heterocycles. The number of rotatable bonds is 3. The molecule has 0 aromatic heterocycles. The summed E-state index contributed by atoms with van der Waals surface area (Å²) in [4.78, 5) is 6.63. The van der Waals surface area contributed by atoms with Crippen molar-refractivity contribution in [1.29, 1.82) is 0 Å². The number of guanidine groups is 1. The molecule has 0 amide bonds. The lowest BCUT2D eigenvalue weighted by Crippen LogP contribution is -2.53. The lowest BCUT2D eigenvalue weighted by atomic mass is 10.1. The lowest BCUT2D eigenvalue weighted by molar-refractivity contribution is -0.0816. The standard InChI is InChI=1S/C13H25N3O2.HI/c1-3-6-15-13(14-2)16-7-9-18-12(10-16)11-5-4-8-17-11;/h11-12H,3-10H2,1-2H3,(H,14,15);1H. The van der Waals surface area contributed by atoms with Crippen LogP contribution < -0.4 is 5.32 Å². The Balaban J connectivity index is 0.00000180. The molecule has 19 heavy (non-hydrogen) atoms. The average Bonchev–Trinajstić information content (AvgIpc) is 2.94. The highest BCUT2D eigenvalue weighted by molar-refractivity contribution is 14.0. The molecule has 1 N–H and O–H groups in total. The molecule has 0 radical (unpaired) electrons. The summed E-state index contributed by atoms with van der Waals surface area (Å²) in [5, 5.41) is 3.38. The number of nitrogens with zero attached hydrogens (tertiary/aromatic N) is 2. The van der Waals surface area contributed by atoms with Crippen LogP contribution in [0.2, 0.25) is 0 Å². The van der Waals surface area contributed by atoms with E-state index in [-0.39, 0.29) is 36.2 Å². The van der Waals surface area contributed by atoms with Crippen LogP contribution in [-0.4, -0.2) is 63.0 Å². The smallest absolute Gasteiger partial charge is 0.193 e. The topological polar surface area (TPSA) is 46.1 Å². The van der Waals surface area contributed by atoms with Crippen LogP contribution in [0.5, 0.6) is 0 Å². The van der Waals surface area contributed by atoms with Gasteiger partial charge in [0, 0.05) is 33.3 Å². The Hall–Kier alpha value is -0.0800. The van der Waals surface area contributed by atoms with Gasteiger partial charge in [0.05, 0.1) is 12.7 Å². The predicted octanol–water partition coefficient (Wildman–Crippen LogP) is 1.47. The monoisotopic (exact) mass is 383 g/mol. The van der Waals surface area contributed by atoms with Crippen LogP contribution in [0.1, 0.15) is 26.2 Å². The molecule has 0 bridgehead atoms. The second-order valence-corrected chi connectivity index (χ2v) is 4.88. The van der Waals surface area contributed by atoms with E-state index >= 15 is 0 Å². The highest BCUT2D eigenvalue weighted by Crippen LogP contribution is 2.20. The SMILES string of the molecule is CCCNC(=NC)N1CCOC(C2CCCO2)C1.I. The fourth-order valence-electron chi connectivity index (χ4n) is 2.56. The quantitative estimate of drug-likeness (QED) is 0.456. The minimum atomic E-state index is 0. The highest BCUT2D eigenvalue weighted by Gasteiger charge is 2.32. The van der Waals surface area contributed by atoms with Gasteiger partial charge in [-0.3, -0.25) is 4.99 Å². The van der Waals surface area contributed by atoms with E-state index in [4.69, 9.17) is 9.47 Å². The zero-order valence-electron chi connectivity index (χ0n) is 11.9. The third-order valence-electron chi connectivity index (χ3n) is 3.52. The zero-order chi connectivity index (χ0) is 12.8. The maximum absolute atomic E-state index is 5.84. The molecule has 2 rings (SSSR count). The number of nitrogens with one attached hydrogen (secondary N) is 1. The minimum Gasteiger partial charge on any atom is -0.375 e. The minimum absolute atomic E-state index is 0. The fraction of sp³-hybridized carbons (Fsp3) is 0.923. The Bertz CT molecular complexity index is 283. The Morgan fingerprint density at radius 1 is 1.32 bits per heavy atom. The van der Waals surface area contributed by atoms with Crippen molar-refractivity contribution in [2.45, 2.75) is 38.4 Å². The zero-order valence-corrected chi connectivity index (χ0v) is 14.3. The average molecular weight is 383 g/mol. The van der Waals surface area contributed by atoms with Crippen molar-refractivity contribution in [2.75, 3.05) is 39.9 Å². The molecule has 2 fully saturated rings.